The second-order valence-electron chi connectivity index (χ2n) is 15.9. The van der Waals surface area contributed by atoms with E-state index >= 15 is 0 Å². The highest BCUT2D eigenvalue weighted by Gasteiger charge is 2.28. The minimum Gasteiger partial charge on any atom is -0.394 e. The molecule has 1 aromatic carbocycles. The van der Waals surface area contributed by atoms with Crippen molar-refractivity contribution in [2.75, 3.05) is 64.9 Å². The lowest BCUT2D eigenvalue weighted by Gasteiger charge is -2.29. The van der Waals surface area contributed by atoms with Crippen molar-refractivity contribution in [3.8, 4) is 0 Å². The summed E-state index contributed by atoms with van der Waals surface area (Å²) in [5.74, 6) is -3.76. The number of nitrogens with two attached hydrogens (primary N) is 1. The van der Waals surface area contributed by atoms with Gasteiger partial charge in [-0.25, -0.2) is 0 Å². The van der Waals surface area contributed by atoms with Gasteiger partial charge in [0.15, 0.2) is 0 Å². The smallest absolute Gasteiger partial charge is 0.245 e. The highest BCUT2D eigenvalue weighted by atomic mass is 32.1. The molecule has 0 radical (unpaired) electrons. The number of nitrogens with one attached hydrogen (secondary N) is 5. The Morgan fingerprint density at radius 1 is 0.803 bits per heavy atom. The summed E-state index contributed by atoms with van der Waals surface area (Å²) in [5.41, 5.74) is 5.51. The van der Waals surface area contributed by atoms with Crippen LogP contribution >= 0.6 is 12.6 Å². The van der Waals surface area contributed by atoms with Gasteiger partial charge in [0.25, 0.3) is 0 Å². The lowest BCUT2D eigenvalue weighted by atomic mass is 10.0. The van der Waals surface area contributed by atoms with Crippen molar-refractivity contribution in [2.24, 2.45) is 11.7 Å². The molecule has 0 spiro atoms. The van der Waals surface area contributed by atoms with E-state index in [1.54, 1.807) is 0 Å². The highest BCUT2D eigenvalue weighted by Crippen LogP contribution is 2.14. The summed E-state index contributed by atoms with van der Waals surface area (Å²) in [6, 6.07) is 7.66. The third-order valence-electron chi connectivity index (χ3n) is 9.06. The number of nitrogens with zero attached hydrogens (tertiary/aromatic N) is 1. The van der Waals surface area contributed by atoms with E-state index in [4.69, 9.17) is 19.9 Å². The average molecular weight is 882 g/mol. The quantitative estimate of drug-likeness (QED) is 0.0354. The maximum absolute atomic E-state index is 13.7. The predicted octanol–water partition coefficient (Wildman–Crippen LogP) is 0.385. The van der Waals surface area contributed by atoms with Crippen LogP contribution in [0.15, 0.2) is 30.3 Å². The topological polar surface area (TPSA) is 257 Å². The molecule has 1 aromatic rings. The highest BCUT2D eigenvalue weighted by molar-refractivity contribution is 7.80. The molecule has 0 saturated carbocycles. The molecule has 8 N–H and O–H groups in total. The van der Waals surface area contributed by atoms with E-state index in [-0.39, 0.29) is 63.0 Å². The van der Waals surface area contributed by atoms with Crippen LogP contribution in [0, 0.1) is 5.92 Å². The van der Waals surface area contributed by atoms with Gasteiger partial charge in [0.1, 0.15) is 12.1 Å². The Balaban J connectivity index is 2.89. The molecule has 18 nitrogen and oxygen atoms in total. The Morgan fingerprint density at radius 3 is 2.10 bits per heavy atom. The molecule has 0 heterocycles. The van der Waals surface area contributed by atoms with Gasteiger partial charge in [0, 0.05) is 26.1 Å². The summed E-state index contributed by atoms with van der Waals surface area (Å²) < 4.78 is 18.0. The fourth-order valence-corrected chi connectivity index (χ4v) is 5.97. The van der Waals surface area contributed by atoms with Crippen LogP contribution < -0.4 is 32.3 Å². The summed E-state index contributed by atoms with van der Waals surface area (Å²) in [6.07, 6.45) is 3.17. The molecule has 0 aliphatic carbocycles. The summed E-state index contributed by atoms with van der Waals surface area (Å²) in [4.78, 5) is 89.2. The second kappa shape index (κ2) is 30.7. The molecule has 346 valence electrons. The Morgan fingerprint density at radius 2 is 1.46 bits per heavy atom. The van der Waals surface area contributed by atoms with E-state index in [0.29, 0.717) is 31.7 Å². The SMILES string of the molecule is CC(C)C[C@H](NC(=O)CN(C[C@@H](C)OCCCCc1ccccc1)C(=O)CCOC(C)(C)COC(C)CCNC(=O)CCS)C(=O)NCC(=O)N[C@@H](CO)C(=O)NCC(N)=O. The predicted molar refractivity (Wildman–Crippen MR) is 233 cm³/mol. The van der Waals surface area contributed by atoms with E-state index in [2.05, 4.69) is 51.3 Å². The van der Waals surface area contributed by atoms with E-state index < -0.39 is 73.0 Å². The van der Waals surface area contributed by atoms with Gasteiger partial charge in [-0.15, -0.1) is 0 Å². The van der Waals surface area contributed by atoms with Gasteiger partial charge in [0.2, 0.25) is 41.4 Å². The standard InChI is InChI=1S/C42H71N7O11S/c1-29(2)22-33(40(56)46-24-37(53)48-34(27-50)41(57)45-23-35(43)51)47-38(54)26-49(25-31(4)58-19-11-10-14-32-12-8-7-9-13-32)39(55)16-20-60-42(5,6)28-59-30(3)15-18-44-36(52)17-21-61/h7-9,12-13,29-31,33-34,50,61H,10-11,14-28H2,1-6H3,(H2,43,51)(H,44,52)(H,45,57)(H,46,56)(H,47,54)(H,48,53)/t30?,31-,33+,34+/m1/s1. The van der Waals surface area contributed by atoms with Crippen molar-refractivity contribution in [2.45, 2.75) is 116 Å². The van der Waals surface area contributed by atoms with Crippen LogP contribution in [-0.2, 0) is 54.2 Å². The summed E-state index contributed by atoms with van der Waals surface area (Å²) in [7, 11) is 0. The number of aliphatic hydroxyl groups is 1. The zero-order chi connectivity index (χ0) is 45.8. The molecule has 1 unspecified atom stereocenters. The largest absolute Gasteiger partial charge is 0.394 e. The molecule has 0 bridgehead atoms. The average Bonchev–Trinajstić information content (AvgIpc) is 3.19. The van der Waals surface area contributed by atoms with Crippen molar-refractivity contribution in [3.63, 3.8) is 0 Å². The van der Waals surface area contributed by atoms with Gasteiger partial charge in [-0.3, -0.25) is 33.6 Å². The number of hydrogen-bond acceptors (Lipinski definition) is 12. The van der Waals surface area contributed by atoms with Gasteiger partial charge in [0.05, 0.1) is 63.7 Å². The number of primary amides is 1. The molecule has 7 amide bonds. The van der Waals surface area contributed by atoms with Gasteiger partial charge in [-0.05, 0) is 77.0 Å². The number of carbonyl (C=O) groups is 7. The lowest BCUT2D eigenvalue weighted by Crippen LogP contribution is -2.54. The summed E-state index contributed by atoms with van der Waals surface area (Å²) in [6.45, 7) is 10.2. The Kier molecular flexibility index (Phi) is 27.5. The number of carbonyl (C=O) groups excluding carboxylic acids is 7. The third kappa shape index (κ3) is 26.6. The Hall–Kier alpha value is -4.30. The van der Waals surface area contributed by atoms with Crippen LogP contribution in [0.3, 0.4) is 0 Å². The Labute approximate surface area is 366 Å². The van der Waals surface area contributed by atoms with Crippen molar-refractivity contribution in [3.05, 3.63) is 35.9 Å². The van der Waals surface area contributed by atoms with Crippen molar-refractivity contribution >= 4 is 54.0 Å². The van der Waals surface area contributed by atoms with Gasteiger partial charge < -0.3 is 56.5 Å². The maximum atomic E-state index is 13.7. The van der Waals surface area contributed by atoms with E-state index in [1.165, 1.54) is 10.5 Å². The van der Waals surface area contributed by atoms with Crippen LogP contribution in [-0.4, -0.2) is 146 Å². The molecule has 0 saturated heterocycles. The summed E-state index contributed by atoms with van der Waals surface area (Å²) in [5, 5.41) is 21.9. The van der Waals surface area contributed by atoms with Crippen molar-refractivity contribution in [1.82, 2.24) is 31.5 Å². The van der Waals surface area contributed by atoms with E-state index in [0.717, 1.165) is 19.3 Å². The number of aliphatic hydroxyl groups excluding tert-OH is 1. The molecule has 1 rings (SSSR count). The number of benzene rings is 1. The maximum Gasteiger partial charge on any atom is 0.245 e. The molecule has 61 heavy (non-hydrogen) atoms. The Bertz CT molecular complexity index is 1500. The number of aryl methyl sites for hydroxylation is 1. The number of unbranched alkanes of at least 4 members (excludes halogenated alkanes) is 1. The van der Waals surface area contributed by atoms with E-state index in [1.807, 2.05) is 59.7 Å². The van der Waals surface area contributed by atoms with Crippen LogP contribution in [0.4, 0.5) is 0 Å². The molecule has 4 atom stereocenters. The molecule has 0 fully saturated rings. The lowest BCUT2D eigenvalue weighted by molar-refractivity contribution is -0.142. The fourth-order valence-electron chi connectivity index (χ4n) is 5.77. The summed E-state index contributed by atoms with van der Waals surface area (Å²) >= 11 is 4.07. The monoisotopic (exact) mass is 881 g/mol. The van der Waals surface area contributed by atoms with Crippen LogP contribution in [0.5, 0.6) is 0 Å². The van der Waals surface area contributed by atoms with Gasteiger partial charge in [-0.2, -0.15) is 12.6 Å². The first-order valence-corrected chi connectivity index (χ1v) is 21.6. The molecule has 0 aromatic heterocycles. The zero-order valence-corrected chi connectivity index (χ0v) is 37.7. The van der Waals surface area contributed by atoms with Gasteiger partial charge in [-0.1, -0.05) is 44.2 Å². The van der Waals surface area contributed by atoms with Crippen LogP contribution in [0.25, 0.3) is 0 Å². The normalized spacial score (nSPS) is 13.3. The van der Waals surface area contributed by atoms with E-state index in [9.17, 15) is 38.7 Å². The molecular weight excluding hydrogens is 811 g/mol. The minimum absolute atomic E-state index is 0.0423. The van der Waals surface area contributed by atoms with Crippen LogP contribution in [0.2, 0.25) is 0 Å². The minimum atomic E-state index is -1.40. The van der Waals surface area contributed by atoms with Crippen LogP contribution in [0.1, 0.15) is 85.6 Å². The molecule has 0 aliphatic rings. The number of hydrogen-bond donors (Lipinski definition) is 8. The first-order valence-electron chi connectivity index (χ1n) is 20.9. The molecular formula is C42H71N7O11S. The third-order valence-corrected chi connectivity index (χ3v) is 9.28. The zero-order valence-electron chi connectivity index (χ0n) is 36.8. The number of thiol groups is 1. The second-order valence-corrected chi connectivity index (χ2v) is 16.4. The first-order chi connectivity index (χ1) is 28.8. The molecule has 19 heteroatoms. The number of rotatable bonds is 33. The fraction of sp³-hybridized carbons (Fsp3) is 0.690. The molecule has 0 aliphatic heterocycles. The first kappa shape index (κ1) is 54.7. The number of amides is 7. The van der Waals surface area contributed by atoms with Gasteiger partial charge >= 0.3 is 0 Å². The van der Waals surface area contributed by atoms with Crippen molar-refractivity contribution < 1.29 is 52.9 Å². The number of ether oxygens (including phenoxy) is 3. The van der Waals surface area contributed by atoms with Crippen molar-refractivity contribution in [1.29, 1.82) is 0 Å².